The number of rotatable bonds is 4. The molecule has 0 spiro atoms. The zero-order chi connectivity index (χ0) is 16.1. The Balaban J connectivity index is 1.85. The van der Waals surface area contributed by atoms with Gasteiger partial charge in [-0.1, -0.05) is 18.3 Å². The normalized spacial score (nSPS) is 18.1. The average Bonchev–Trinajstić information content (AvgIpc) is 3.00. The molecule has 22 heavy (non-hydrogen) atoms. The molecule has 1 aromatic rings. The van der Waals surface area contributed by atoms with Gasteiger partial charge in [0.05, 0.1) is 12.5 Å². The summed E-state index contributed by atoms with van der Waals surface area (Å²) in [7, 11) is 3.46. The van der Waals surface area contributed by atoms with E-state index in [0.29, 0.717) is 13.1 Å². The molecule has 1 aromatic heterocycles. The van der Waals surface area contributed by atoms with Gasteiger partial charge in [-0.2, -0.15) is 0 Å². The Labute approximate surface area is 134 Å². The fraction of sp³-hybridized carbons (Fsp3) is 0.714. The van der Waals surface area contributed by atoms with E-state index in [1.165, 1.54) is 11.3 Å². The molecule has 1 aliphatic heterocycles. The predicted molar refractivity (Wildman–Crippen MR) is 84.5 cm³/mol. The molecule has 0 saturated carbocycles. The summed E-state index contributed by atoms with van der Waals surface area (Å²) in [5.74, 6) is -0.152. The highest BCUT2D eigenvalue weighted by atomic mass is 32.1. The first-order chi connectivity index (χ1) is 10.5. The van der Waals surface area contributed by atoms with Gasteiger partial charge in [-0.25, -0.2) is 4.79 Å². The number of carbonyl (C=O) groups excluding carboxylic acids is 2. The van der Waals surface area contributed by atoms with Crippen molar-refractivity contribution in [3.05, 3.63) is 10.0 Å². The summed E-state index contributed by atoms with van der Waals surface area (Å²) < 4.78 is 0. The second-order valence-electron chi connectivity index (χ2n) is 5.62. The molecule has 0 aliphatic carbocycles. The fourth-order valence-corrected chi connectivity index (χ4v) is 3.18. The summed E-state index contributed by atoms with van der Waals surface area (Å²) in [5.41, 5.74) is 0. The average molecular weight is 325 g/mol. The van der Waals surface area contributed by atoms with Crippen molar-refractivity contribution in [1.82, 2.24) is 25.3 Å². The van der Waals surface area contributed by atoms with E-state index in [0.717, 1.165) is 35.8 Å². The third-order valence-electron chi connectivity index (χ3n) is 3.67. The van der Waals surface area contributed by atoms with Crippen molar-refractivity contribution in [3.8, 4) is 0 Å². The second kappa shape index (κ2) is 7.53. The number of aryl methyl sites for hydroxylation is 1. The van der Waals surface area contributed by atoms with Gasteiger partial charge in [0.15, 0.2) is 0 Å². The zero-order valence-electron chi connectivity index (χ0n) is 13.3. The number of hydrogen-bond acceptors (Lipinski definition) is 5. The van der Waals surface area contributed by atoms with Crippen LogP contribution in [0.4, 0.5) is 4.79 Å². The molecule has 2 heterocycles. The Morgan fingerprint density at radius 2 is 2.09 bits per heavy atom. The summed E-state index contributed by atoms with van der Waals surface area (Å²) in [6.07, 6.45) is 2.53. The lowest BCUT2D eigenvalue weighted by atomic mass is 9.97. The Hall–Kier alpha value is -1.70. The maximum atomic E-state index is 12.3. The maximum absolute atomic E-state index is 12.3. The molecule has 1 fully saturated rings. The maximum Gasteiger partial charge on any atom is 0.319 e. The number of aromatic nitrogens is 2. The third-order valence-corrected chi connectivity index (χ3v) is 4.74. The van der Waals surface area contributed by atoms with Crippen molar-refractivity contribution >= 4 is 23.3 Å². The molecule has 1 saturated heterocycles. The first kappa shape index (κ1) is 16.7. The number of amides is 3. The molecule has 3 amide bonds. The van der Waals surface area contributed by atoms with Crippen molar-refractivity contribution in [3.63, 3.8) is 0 Å². The number of nitrogens with one attached hydrogen (secondary N) is 1. The lowest BCUT2D eigenvalue weighted by Crippen LogP contribution is -2.48. The lowest BCUT2D eigenvalue weighted by Gasteiger charge is -2.33. The number of carbonyl (C=O) groups is 2. The molecule has 8 heteroatoms. The summed E-state index contributed by atoms with van der Waals surface area (Å²) in [6.45, 7) is 3.64. The van der Waals surface area contributed by atoms with Crippen LogP contribution in [0.15, 0.2) is 0 Å². The van der Waals surface area contributed by atoms with Gasteiger partial charge >= 0.3 is 6.03 Å². The van der Waals surface area contributed by atoms with Gasteiger partial charge in [-0.3, -0.25) is 4.79 Å². The number of piperidine rings is 1. The smallest absolute Gasteiger partial charge is 0.319 e. The Morgan fingerprint density at radius 3 is 2.73 bits per heavy atom. The van der Waals surface area contributed by atoms with Crippen molar-refractivity contribution in [2.45, 2.75) is 32.7 Å². The highest BCUT2D eigenvalue weighted by Crippen LogP contribution is 2.18. The second-order valence-corrected chi connectivity index (χ2v) is 6.77. The van der Waals surface area contributed by atoms with E-state index in [1.807, 2.05) is 6.92 Å². The Bertz CT molecular complexity index is 531. The van der Waals surface area contributed by atoms with Crippen molar-refractivity contribution < 1.29 is 9.59 Å². The number of nitrogens with zero attached hydrogens (tertiary/aromatic N) is 4. The predicted octanol–water partition coefficient (Wildman–Crippen LogP) is 1.11. The van der Waals surface area contributed by atoms with Crippen LogP contribution >= 0.6 is 11.3 Å². The Kier molecular flexibility index (Phi) is 5.70. The lowest BCUT2D eigenvalue weighted by molar-refractivity contribution is -0.126. The van der Waals surface area contributed by atoms with E-state index in [9.17, 15) is 9.59 Å². The quantitative estimate of drug-likeness (QED) is 0.899. The van der Waals surface area contributed by atoms with E-state index in [4.69, 9.17) is 0 Å². The third kappa shape index (κ3) is 4.16. The SMILES string of the molecule is CCc1nnc(CNC(=O)[C@@H]2CCCN(C(=O)N(C)C)C2)s1. The van der Waals surface area contributed by atoms with Crippen LogP contribution in [-0.2, 0) is 17.8 Å². The van der Waals surface area contributed by atoms with E-state index >= 15 is 0 Å². The van der Waals surface area contributed by atoms with Crippen LogP contribution in [0.3, 0.4) is 0 Å². The van der Waals surface area contributed by atoms with E-state index in [1.54, 1.807) is 23.9 Å². The minimum Gasteiger partial charge on any atom is -0.349 e. The minimum absolute atomic E-state index is 0.00972. The highest BCUT2D eigenvalue weighted by molar-refractivity contribution is 7.11. The van der Waals surface area contributed by atoms with E-state index in [2.05, 4.69) is 15.5 Å². The van der Waals surface area contributed by atoms with Crippen LogP contribution in [0.1, 0.15) is 29.8 Å². The largest absolute Gasteiger partial charge is 0.349 e. The van der Waals surface area contributed by atoms with Crippen LogP contribution in [0.25, 0.3) is 0 Å². The molecular weight excluding hydrogens is 302 g/mol. The van der Waals surface area contributed by atoms with Gasteiger partial charge in [0.25, 0.3) is 0 Å². The molecule has 0 bridgehead atoms. The van der Waals surface area contributed by atoms with Crippen LogP contribution in [0.5, 0.6) is 0 Å². The van der Waals surface area contributed by atoms with Gasteiger partial charge in [0.1, 0.15) is 10.0 Å². The van der Waals surface area contributed by atoms with Crippen LogP contribution in [-0.4, -0.2) is 59.1 Å². The van der Waals surface area contributed by atoms with Crippen LogP contribution in [0.2, 0.25) is 0 Å². The molecule has 1 atom stereocenters. The van der Waals surface area contributed by atoms with E-state index in [-0.39, 0.29) is 17.9 Å². The number of likely N-dealkylation sites (tertiary alicyclic amines) is 1. The molecule has 2 rings (SSSR count). The van der Waals surface area contributed by atoms with Crippen LogP contribution in [0, 0.1) is 5.92 Å². The number of urea groups is 1. The first-order valence-corrected chi connectivity index (χ1v) is 8.38. The van der Waals surface area contributed by atoms with Gasteiger partial charge in [0, 0.05) is 27.2 Å². The van der Waals surface area contributed by atoms with Crippen molar-refractivity contribution in [2.24, 2.45) is 5.92 Å². The topological polar surface area (TPSA) is 78.4 Å². The first-order valence-electron chi connectivity index (χ1n) is 7.56. The number of hydrogen-bond donors (Lipinski definition) is 1. The molecular formula is C14H23N5O2S. The van der Waals surface area contributed by atoms with Crippen molar-refractivity contribution in [2.75, 3.05) is 27.2 Å². The summed E-state index contributed by atoms with van der Waals surface area (Å²) in [6, 6.07) is -0.0331. The fourth-order valence-electron chi connectivity index (χ4n) is 2.46. The van der Waals surface area contributed by atoms with Gasteiger partial charge in [-0.05, 0) is 19.3 Å². The molecule has 0 unspecified atom stereocenters. The van der Waals surface area contributed by atoms with Gasteiger partial charge in [-0.15, -0.1) is 10.2 Å². The summed E-state index contributed by atoms with van der Waals surface area (Å²) in [5, 5.41) is 12.8. The van der Waals surface area contributed by atoms with E-state index < -0.39 is 0 Å². The van der Waals surface area contributed by atoms with Gasteiger partial charge < -0.3 is 15.1 Å². The molecule has 122 valence electrons. The Morgan fingerprint density at radius 1 is 1.36 bits per heavy atom. The van der Waals surface area contributed by atoms with Crippen LogP contribution < -0.4 is 5.32 Å². The molecule has 0 aromatic carbocycles. The summed E-state index contributed by atoms with van der Waals surface area (Å²) in [4.78, 5) is 27.6. The summed E-state index contributed by atoms with van der Waals surface area (Å²) >= 11 is 1.52. The molecule has 1 N–H and O–H groups in total. The minimum atomic E-state index is -0.142. The zero-order valence-corrected chi connectivity index (χ0v) is 14.2. The molecule has 1 aliphatic rings. The highest BCUT2D eigenvalue weighted by Gasteiger charge is 2.29. The molecule has 7 nitrogen and oxygen atoms in total. The monoisotopic (exact) mass is 325 g/mol. The van der Waals surface area contributed by atoms with Crippen molar-refractivity contribution in [1.29, 1.82) is 0 Å². The van der Waals surface area contributed by atoms with Gasteiger partial charge in [0.2, 0.25) is 5.91 Å². The standard InChI is InChI=1S/C14H23N5O2S/c1-4-11-16-17-12(22-11)8-15-13(20)10-6-5-7-19(9-10)14(21)18(2)3/h10H,4-9H2,1-3H3,(H,15,20)/t10-/m1/s1. The molecule has 0 radical (unpaired) electrons.